The first-order valence-corrected chi connectivity index (χ1v) is 8.98. The number of hydrogen-bond acceptors (Lipinski definition) is 6. The van der Waals surface area contributed by atoms with Crippen LogP contribution in [0, 0.1) is 5.92 Å². The van der Waals surface area contributed by atoms with Crippen molar-refractivity contribution in [3.63, 3.8) is 0 Å². The first kappa shape index (κ1) is 20.1. The largest absolute Gasteiger partial charge is 0.465 e. The highest BCUT2D eigenvalue weighted by Gasteiger charge is 2.36. The third-order valence-corrected chi connectivity index (χ3v) is 4.46. The summed E-state index contributed by atoms with van der Waals surface area (Å²) in [6.45, 7) is -0.276. The molecule has 1 aliphatic rings. The average Bonchev–Trinajstić information content (AvgIpc) is 3.14. The van der Waals surface area contributed by atoms with Crippen molar-refractivity contribution in [1.29, 1.82) is 0 Å². The Bertz CT molecular complexity index is 911. The molecule has 1 saturated heterocycles. The molecule has 0 bridgehead atoms. The van der Waals surface area contributed by atoms with Crippen molar-refractivity contribution in [3.05, 3.63) is 60.2 Å². The van der Waals surface area contributed by atoms with E-state index in [0.29, 0.717) is 16.9 Å². The van der Waals surface area contributed by atoms with Gasteiger partial charge in [-0.2, -0.15) is 0 Å². The quantitative estimate of drug-likeness (QED) is 0.750. The number of anilines is 2. The lowest BCUT2D eigenvalue weighted by Gasteiger charge is -2.16. The molecule has 8 heteroatoms. The Hall–Kier alpha value is -3.68. The van der Waals surface area contributed by atoms with Gasteiger partial charge in [0.1, 0.15) is 0 Å². The van der Waals surface area contributed by atoms with Crippen LogP contribution in [0.3, 0.4) is 0 Å². The second-order valence-corrected chi connectivity index (χ2v) is 6.47. The van der Waals surface area contributed by atoms with Crippen LogP contribution in [0.15, 0.2) is 54.6 Å². The minimum atomic E-state index is -0.660. The number of carbonyl (C=O) groups is 4. The summed E-state index contributed by atoms with van der Waals surface area (Å²) in [4.78, 5) is 49.4. The van der Waals surface area contributed by atoms with Crippen LogP contribution in [0.1, 0.15) is 16.8 Å². The van der Waals surface area contributed by atoms with Gasteiger partial charge in [0.2, 0.25) is 5.91 Å². The zero-order valence-corrected chi connectivity index (χ0v) is 15.8. The summed E-state index contributed by atoms with van der Waals surface area (Å²) in [6.07, 6.45) is -0.00209. The van der Waals surface area contributed by atoms with Gasteiger partial charge in [0.15, 0.2) is 6.61 Å². The lowest BCUT2D eigenvalue weighted by Crippen LogP contribution is -2.28. The summed E-state index contributed by atoms with van der Waals surface area (Å²) in [5.74, 6) is -2.42. The van der Waals surface area contributed by atoms with Crippen molar-refractivity contribution in [2.75, 3.05) is 30.5 Å². The van der Waals surface area contributed by atoms with E-state index in [1.165, 1.54) is 12.0 Å². The molecular formula is C21H20N2O6. The predicted octanol–water partition coefficient (Wildman–Crippen LogP) is 2.01. The number of methoxy groups -OCH3 is 1. The minimum absolute atomic E-state index is 0.00209. The maximum Gasteiger partial charge on any atom is 0.337 e. The van der Waals surface area contributed by atoms with E-state index in [9.17, 15) is 19.2 Å². The highest BCUT2D eigenvalue weighted by molar-refractivity contribution is 6.00. The van der Waals surface area contributed by atoms with Gasteiger partial charge < -0.3 is 19.7 Å². The van der Waals surface area contributed by atoms with Gasteiger partial charge in [-0.3, -0.25) is 14.4 Å². The van der Waals surface area contributed by atoms with Crippen LogP contribution in [0.25, 0.3) is 0 Å². The summed E-state index contributed by atoms with van der Waals surface area (Å²) in [6, 6.07) is 15.1. The van der Waals surface area contributed by atoms with Crippen molar-refractivity contribution >= 4 is 35.1 Å². The molecule has 1 aliphatic heterocycles. The Balaban J connectivity index is 1.53. The number of para-hydroxylation sites is 1. The second kappa shape index (κ2) is 9.01. The van der Waals surface area contributed by atoms with Crippen LogP contribution < -0.4 is 10.2 Å². The number of esters is 2. The Kier molecular flexibility index (Phi) is 6.23. The molecule has 1 N–H and O–H groups in total. The standard InChI is InChI=1S/C21H20N2O6/c1-28-20(26)14-7-9-17(10-8-14)23-12-15(11-19(23)25)21(27)29-13-18(24)22-16-5-3-2-4-6-16/h2-10,15H,11-13H2,1H3,(H,22,24)/t15-/m1/s1. The van der Waals surface area contributed by atoms with Crippen molar-refractivity contribution in [2.45, 2.75) is 6.42 Å². The molecule has 1 heterocycles. The minimum Gasteiger partial charge on any atom is -0.465 e. The normalized spacial score (nSPS) is 15.7. The lowest BCUT2D eigenvalue weighted by molar-refractivity contribution is -0.151. The van der Waals surface area contributed by atoms with Crippen LogP contribution in [0.2, 0.25) is 0 Å². The van der Waals surface area contributed by atoms with Crippen LogP contribution in [0.5, 0.6) is 0 Å². The molecule has 0 radical (unpaired) electrons. The van der Waals surface area contributed by atoms with Crippen molar-refractivity contribution in [2.24, 2.45) is 5.92 Å². The first-order chi connectivity index (χ1) is 14.0. The molecule has 0 spiro atoms. The van der Waals surface area contributed by atoms with E-state index in [1.807, 2.05) is 6.07 Å². The van der Waals surface area contributed by atoms with Crippen LogP contribution >= 0.6 is 0 Å². The van der Waals surface area contributed by atoms with Crippen molar-refractivity contribution in [3.8, 4) is 0 Å². The molecule has 0 aliphatic carbocycles. The number of carbonyl (C=O) groups excluding carboxylic acids is 4. The van der Waals surface area contributed by atoms with Gasteiger partial charge in [-0.05, 0) is 36.4 Å². The SMILES string of the molecule is COC(=O)c1ccc(N2C[C@H](C(=O)OCC(=O)Nc3ccccc3)CC2=O)cc1. The third-order valence-electron chi connectivity index (χ3n) is 4.46. The van der Waals surface area contributed by atoms with Crippen LogP contribution in [-0.4, -0.2) is 44.0 Å². The number of hydrogen-bond donors (Lipinski definition) is 1. The molecule has 0 unspecified atom stereocenters. The van der Waals surface area contributed by atoms with Gasteiger partial charge >= 0.3 is 11.9 Å². The van der Waals surface area contributed by atoms with Gasteiger partial charge in [0.25, 0.3) is 5.91 Å². The summed E-state index contributed by atoms with van der Waals surface area (Å²) in [7, 11) is 1.29. The monoisotopic (exact) mass is 396 g/mol. The summed E-state index contributed by atoms with van der Waals surface area (Å²) < 4.78 is 9.71. The smallest absolute Gasteiger partial charge is 0.337 e. The zero-order chi connectivity index (χ0) is 20.8. The molecule has 8 nitrogen and oxygen atoms in total. The highest BCUT2D eigenvalue weighted by atomic mass is 16.5. The van der Waals surface area contributed by atoms with Crippen LogP contribution in [-0.2, 0) is 23.9 Å². The Morgan fingerprint density at radius 1 is 1.07 bits per heavy atom. The molecular weight excluding hydrogens is 376 g/mol. The molecule has 29 heavy (non-hydrogen) atoms. The number of ether oxygens (including phenoxy) is 2. The number of nitrogens with zero attached hydrogens (tertiary/aromatic N) is 1. The Morgan fingerprint density at radius 3 is 2.41 bits per heavy atom. The van der Waals surface area contributed by atoms with Crippen molar-refractivity contribution < 1.29 is 28.7 Å². The maximum atomic E-state index is 12.3. The van der Waals surface area contributed by atoms with Gasteiger partial charge in [-0.15, -0.1) is 0 Å². The molecule has 0 aromatic heterocycles. The van der Waals surface area contributed by atoms with E-state index in [4.69, 9.17) is 4.74 Å². The molecule has 1 fully saturated rings. The van der Waals surface area contributed by atoms with Crippen molar-refractivity contribution in [1.82, 2.24) is 0 Å². The molecule has 150 valence electrons. The number of benzene rings is 2. The van der Waals surface area contributed by atoms with E-state index < -0.39 is 30.4 Å². The topological polar surface area (TPSA) is 102 Å². The molecule has 0 saturated carbocycles. The fourth-order valence-electron chi connectivity index (χ4n) is 2.98. The molecule has 1 atom stereocenters. The van der Waals surface area contributed by atoms with Crippen LogP contribution in [0.4, 0.5) is 11.4 Å². The molecule has 3 rings (SSSR count). The van der Waals surface area contributed by atoms with Gasteiger partial charge in [0, 0.05) is 24.3 Å². The zero-order valence-electron chi connectivity index (χ0n) is 15.8. The summed E-state index contributed by atoms with van der Waals surface area (Å²) in [5.41, 5.74) is 1.54. The summed E-state index contributed by atoms with van der Waals surface area (Å²) >= 11 is 0. The van der Waals surface area contributed by atoms with Gasteiger partial charge in [0.05, 0.1) is 18.6 Å². The molecule has 2 amide bonds. The number of amides is 2. The fourth-order valence-corrected chi connectivity index (χ4v) is 2.98. The predicted molar refractivity (Wildman–Crippen MR) is 104 cm³/mol. The van der Waals surface area contributed by atoms with Gasteiger partial charge in [-0.1, -0.05) is 18.2 Å². The highest BCUT2D eigenvalue weighted by Crippen LogP contribution is 2.26. The lowest BCUT2D eigenvalue weighted by atomic mass is 10.1. The fraction of sp³-hybridized carbons (Fsp3) is 0.238. The van der Waals surface area contributed by atoms with E-state index in [1.54, 1.807) is 48.5 Å². The average molecular weight is 396 g/mol. The Labute approximate surface area is 167 Å². The number of nitrogens with one attached hydrogen (secondary N) is 1. The molecule has 2 aromatic rings. The molecule has 2 aromatic carbocycles. The van der Waals surface area contributed by atoms with E-state index >= 15 is 0 Å². The second-order valence-electron chi connectivity index (χ2n) is 6.47. The van der Waals surface area contributed by atoms with Gasteiger partial charge in [-0.25, -0.2) is 4.79 Å². The number of rotatable bonds is 6. The first-order valence-electron chi connectivity index (χ1n) is 8.98. The maximum absolute atomic E-state index is 12.3. The van der Waals surface area contributed by atoms with E-state index in [-0.39, 0.29) is 18.9 Å². The third kappa shape index (κ3) is 4.98. The Morgan fingerprint density at radius 2 is 1.76 bits per heavy atom. The summed E-state index contributed by atoms with van der Waals surface area (Å²) in [5, 5.41) is 2.62. The van der Waals surface area contributed by atoms with E-state index in [2.05, 4.69) is 10.1 Å². The van der Waals surface area contributed by atoms with E-state index in [0.717, 1.165) is 0 Å².